The van der Waals surface area contributed by atoms with E-state index in [-0.39, 0.29) is 0 Å². The van der Waals surface area contributed by atoms with E-state index < -0.39 is 12.1 Å². The molecule has 5 heteroatoms. The average Bonchev–Trinajstić information content (AvgIpc) is 2.46. The molecule has 0 amide bonds. The lowest BCUT2D eigenvalue weighted by atomic mass is 10.0. The second kappa shape index (κ2) is 6.26. The minimum absolute atomic E-state index is 0.499. The maximum absolute atomic E-state index is 11.5. The Morgan fingerprint density at radius 3 is 2.68 bits per heavy atom. The summed E-state index contributed by atoms with van der Waals surface area (Å²) < 4.78 is 4.60. The molecule has 2 rings (SSSR count). The molecule has 1 heterocycles. The van der Waals surface area contributed by atoms with Crippen molar-refractivity contribution >= 4 is 23.3 Å². The van der Waals surface area contributed by atoms with Gasteiger partial charge in [0, 0.05) is 29.4 Å². The lowest BCUT2D eigenvalue weighted by molar-refractivity contribution is -0.150. The number of rotatable bonds is 3. The minimum atomic E-state index is -1.29. The van der Waals surface area contributed by atoms with Crippen LogP contribution in [0, 0.1) is 0 Å². The number of hydrogen-bond acceptors (Lipinski definition) is 4. The summed E-state index contributed by atoms with van der Waals surface area (Å²) in [5.41, 5.74) is 1.38. The summed E-state index contributed by atoms with van der Waals surface area (Å²) in [7, 11) is 1.26. The summed E-state index contributed by atoms with van der Waals surface area (Å²) in [5, 5.41) is 10.6. The van der Waals surface area contributed by atoms with Gasteiger partial charge in [-0.15, -0.1) is 0 Å². The molecule has 1 aromatic carbocycles. The van der Waals surface area contributed by atoms with Crippen molar-refractivity contribution in [2.24, 2.45) is 0 Å². The second-order valence-corrected chi connectivity index (χ2v) is 5.11. The number of piperidine rings is 1. The van der Waals surface area contributed by atoms with E-state index in [0.717, 1.165) is 31.6 Å². The van der Waals surface area contributed by atoms with E-state index in [1.165, 1.54) is 13.5 Å². The SMILES string of the molecule is COC(=O)C(O)c1cc(Cl)ccc1N1CCCCC1. The Hall–Kier alpha value is -1.26. The van der Waals surface area contributed by atoms with Gasteiger partial charge in [0.2, 0.25) is 0 Å². The van der Waals surface area contributed by atoms with Crippen molar-refractivity contribution in [3.63, 3.8) is 0 Å². The molecule has 1 aliphatic rings. The zero-order valence-corrected chi connectivity index (χ0v) is 11.7. The molecule has 0 aromatic heterocycles. The van der Waals surface area contributed by atoms with Crippen LogP contribution in [0.4, 0.5) is 5.69 Å². The van der Waals surface area contributed by atoms with Gasteiger partial charge >= 0.3 is 5.97 Å². The molecule has 1 atom stereocenters. The Labute approximate surface area is 117 Å². The fourth-order valence-corrected chi connectivity index (χ4v) is 2.59. The first-order chi connectivity index (χ1) is 9.13. The highest BCUT2D eigenvalue weighted by Gasteiger charge is 2.24. The van der Waals surface area contributed by atoms with Crippen LogP contribution in [0.25, 0.3) is 0 Å². The highest BCUT2D eigenvalue weighted by molar-refractivity contribution is 6.30. The van der Waals surface area contributed by atoms with Crippen LogP contribution in [0.15, 0.2) is 18.2 Å². The van der Waals surface area contributed by atoms with Gasteiger partial charge in [0.1, 0.15) is 0 Å². The van der Waals surface area contributed by atoms with E-state index in [2.05, 4.69) is 9.64 Å². The van der Waals surface area contributed by atoms with Gasteiger partial charge in [0.25, 0.3) is 0 Å². The largest absolute Gasteiger partial charge is 0.467 e. The van der Waals surface area contributed by atoms with Crippen molar-refractivity contribution < 1.29 is 14.6 Å². The number of carbonyl (C=O) groups excluding carboxylic acids is 1. The number of nitrogens with zero attached hydrogens (tertiary/aromatic N) is 1. The predicted octanol–water partition coefficient (Wildman–Crippen LogP) is 2.54. The maximum atomic E-state index is 11.5. The Bertz CT molecular complexity index is 458. The number of esters is 1. The number of anilines is 1. The van der Waals surface area contributed by atoms with Gasteiger partial charge in [0.05, 0.1) is 7.11 Å². The average molecular weight is 284 g/mol. The van der Waals surface area contributed by atoms with Crippen LogP contribution in [0.5, 0.6) is 0 Å². The molecule has 0 radical (unpaired) electrons. The number of hydrogen-bond donors (Lipinski definition) is 1. The summed E-state index contributed by atoms with van der Waals surface area (Å²) in [4.78, 5) is 13.7. The Morgan fingerprint density at radius 1 is 1.37 bits per heavy atom. The van der Waals surface area contributed by atoms with Crippen molar-refractivity contribution in [2.45, 2.75) is 25.4 Å². The third kappa shape index (κ3) is 3.19. The highest BCUT2D eigenvalue weighted by atomic mass is 35.5. The van der Waals surface area contributed by atoms with Crippen molar-refractivity contribution in [3.8, 4) is 0 Å². The number of methoxy groups -OCH3 is 1. The zero-order chi connectivity index (χ0) is 13.8. The van der Waals surface area contributed by atoms with Gasteiger partial charge in [-0.3, -0.25) is 0 Å². The minimum Gasteiger partial charge on any atom is -0.467 e. The molecule has 0 spiro atoms. The third-order valence-electron chi connectivity index (χ3n) is 3.41. The first-order valence-electron chi connectivity index (χ1n) is 6.44. The van der Waals surface area contributed by atoms with Crippen LogP contribution in [0.1, 0.15) is 30.9 Å². The van der Waals surface area contributed by atoms with Crippen molar-refractivity contribution in [2.75, 3.05) is 25.1 Å². The summed E-state index contributed by atoms with van der Waals surface area (Å²) in [5.74, 6) is -0.666. The molecule has 1 N–H and O–H groups in total. The van der Waals surface area contributed by atoms with Crippen LogP contribution < -0.4 is 4.90 Å². The fraction of sp³-hybridized carbons (Fsp3) is 0.500. The van der Waals surface area contributed by atoms with E-state index in [1.807, 2.05) is 6.07 Å². The summed E-state index contributed by atoms with van der Waals surface area (Å²) in [6.07, 6.45) is 2.17. The summed E-state index contributed by atoms with van der Waals surface area (Å²) >= 11 is 5.97. The molecule has 4 nitrogen and oxygen atoms in total. The van der Waals surface area contributed by atoms with Gasteiger partial charge in [-0.2, -0.15) is 0 Å². The molecule has 104 valence electrons. The molecule has 0 bridgehead atoms. The van der Waals surface area contributed by atoms with E-state index in [0.29, 0.717) is 10.6 Å². The zero-order valence-electron chi connectivity index (χ0n) is 10.9. The molecule has 0 saturated carbocycles. The first kappa shape index (κ1) is 14.2. The van der Waals surface area contributed by atoms with Crippen LogP contribution in [-0.2, 0) is 9.53 Å². The molecule has 1 aromatic rings. The lowest BCUT2D eigenvalue weighted by Crippen LogP contribution is -2.31. The number of benzene rings is 1. The van der Waals surface area contributed by atoms with E-state index in [9.17, 15) is 9.90 Å². The van der Waals surface area contributed by atoms with E-state index in [4.69, 9.17) is 11.6 Å². The smallest absolute Gasteiger partial charge is 0.339 e. The standard InChI is InChI=1S/C14H18ClNO3/c1-19-14(18)13(17)11-9-10(15)5-6-12(11)16-7-3-2-4-8-16/h5-6,9,13,17H,2-4,7-8H2,1H3. The van der Waals surface area contributed by atoms with Gasteiger partial charge < -0.3 is 14.7 Å². The number of halogens is 1. The molecular formula is C14H18ClNO3. The number of aliphatic hydroxyl groups is 1. The van der Waals surface area contributed by atoms with Crippen molar-refractivity contribution in [1.29, 1.82) is 0 Å². The van der Waals surface area contributed by atoms with Gasteiger partial charge in [-0.1, -0.05) is 11.6 Å². The molecule has 1 saturated heterocycles. The van der Waals surface area contributed by atoms with Crippen LogP contribution in [0.2, 0.25) is 5.02 Å². The van der Waals surface area contributed by atoms with Gasteiger partial charge in [0.15, 0.2) is 6.10 Å². The van der Waals surface area contributed by atoms with Crippen molar-refractivity contribution in [3.05, 3.63) is 28.8 Å². The van der Waals surface area contributed by atoms with E-state index in [1.54, 1.807) is 12.1 Å². The quantitative estimate of drug-likeness (QED) is 0.866. The summed E-state index contributed by atoms with van der Waals surface area (Å²) in [6, 6.07) is 5.27. The Kier molecular flexibility index (Phi) is 4.66. The molecule has 0 aliphatic carbocycles. The maximum Gasteiger partial charge on any atom is 0.339 e. The Morgan fingerprint density at radius 2 is 2.05 bits per heavy atom. The summed E-state index contributed by atoms with van der Waals surface area (Å²) in [6.45, 7) is 1.87. The normalized spacial score (nSPS) is 17.1. The van der Waals surface area contributed by atoms with Gasteiger partial charge in [-0.05, 0) is 37.5 Å². The number of ether oxygens (including phenoxy) is 1. The van der Waals surface area contributed by atoms with Crippen LogP contribution >= 0.6 is 11.6 Å². The van der Waals surface area contributed by atoms with E-state index >= 15 is 0 Å². The number of carbonyl (C=O) groups is 1. The Balaban J connectivity index is 2.34. The molecule has 1 fully saturated rings. The second-order valence-electron chi connectivity index (χ2n) is 4.68. The molecular weight excluding hydrogens is 266 g/mol. The molecule has 1 unspecified atom stereocenters. The van der Waals surface area contributed by atoms with Crippen LogP contribution in [-0.4, -0.2) is 31.3 Å². The van der Waals surface area contributed by atoms with Crippen molar-refractivity contribution in [1.82, 2.24) is 0 Å². The van der Waals surface area contributed by atoms with Crippen LogP contribution in [0.3, 0.4) is 0 Å². The topological polar surface area (TPSA) is 49.8 Å². The lowest BCUT2D eigenvalue weighted by Gasteiger charge is -2.31. The predicted molar refractivity (Wildman–Crippen MR) is 74.5 cm³/mol. The highest BCUT2D eigenvalue weighted by Crippen LogP contribution is 2.31. The number of aliphatic hydroxyl groups excluding tert-OH is 1. The molecule has 19 heavy (non-hydrogen) atoms. The monoisotopic (exact) mass is 283 g/mol. The fourth-order valence-electron chi connectivity index (χ4n) is 2.41. The molecule has 1 aliphatic heterocycles. The third-order valence-corrected chi connectivity index (χ3v) is 3.64. The van der Waals surface area contributed by atoms with Gasteiger partial charge in [-0.25, -0.2) is 4.79 Å². The first-order valence-corrected chi connectivity index (χ1v) is 6.81.